The molecule has 0 radical (unpaired) electrons. The molecular weight excluding hydrogens is 312 g/mol. The second-order valence-corrected chi connectivity index (χ2v) is 5.21. The molecule has 0 aliphatic carbocycles. The maximum absolute atomic E-state index is 12.6. The van der Waals surface area contributed by atoms with Crippen molar-refractivity contribution in [3.63, 3.8) is 0 Å². The minimum Gasteiger partial charge on any atom is -0.292 e. The van der Waals surface area contributed by atoms with Crippen molar-refractivity contribution in [3.05, 3.63) is 77.3 Å². The third-order valence-electron chi connectivity index (χ3n) is 3.34. The summed E-state index contributed by atoms with van der Waals surface area (Å²) in [4.78, 5) is 16.6. The highest BCUT2D eigenvalue weighted by Crippen LogP contribution is 2.22. The van der Waals surface area contributed by atoms with Gasteiger partial charge in [-0.25, -0.2) is 4.68 Å². The Morgan fingerprint density at radius 2 is 2.00 bits per heavy atom. The zero-order valence-corrected chi connectivity index (χ0v) is 12.7. The smallest absolute Gasteiger partial charge is 0.189 e. The molecule has 0 spiro atoms. The highest BCUT2D eigenvalue weighted by Gasteiger charge is 2.24. The van der Waals surface area contributed by atoms with Crippen molar-refractivity contribution in [2.75, 3.05) is 0 Å². The molecule has 0 fully saturated rings. The van der Waals surface area contributed by atoms with Gasteiger partial charge in [0.2, 0.25) is 0 Å². The van der Waals surface area contributed by atoms with Crippen molar-refractivity contribution < 1.29 is 4.79 Å². The molecule has 6 heteroatoms. The number of hydrogen-bond donors (Lipinski definition) is 0. The van der Waals surface area contributed by atoms with E-state index in [0.717, 1.165) is 0 Å². The number of para-hydroxylation sites is 1. The summed E-state index contributed by atoms with van der Waals surface area (Å²) in [5, 5.41) is 14.0. The molecule has 0 aliphatic heterocycles. The van der Waals surface area contributed by atoms with Gasteiger partial charge >= 0.3 is 0 Å². The molecule has 112 valence electrons. The van der Waals surface area contributed by atoms with Crippen LogP contribution in [0.4, 0.5) is 0 Å². The SMILES string of the molecule is N#C[C@@H](C(=O)c1cnn(-c2ccccc2Cl)c1)c1ccccn1. The molecule has 1 aromatic carbocycles. The van der Waals surface area contributed by atoms with Crippen LogP contribution in [0.15, 0.2) is 61.1 Å². The lowest BCUT2D eigenvalue weighted by atomic mass is 9.97. The van der Waals surface area contributed by atoms with Crippen molar-refractivity contribution >= 4 is 17.4 Å². The van der Waals surface area contributed by atoms with Crippen LogP contribution in [0.3, 0.4) is 0 Å². The molecule has 2 heterocycles. The molecule has 2 aromatic heterocycles. The topological polar surface area (TPSA) is 71.6 Å². The molecule has 23 heavy (non-hydrogen) atoms. The van der Waals surface area contributed by atoms with Gasteiger partial charge in [-0.1, -0.05) is 29.8 Å². The highest BCUT2D eigenvalue weighted by atomic mass is 35.5. The Bertz CT molecular complexity index is 883. The summed E-state index contributed by atoms with van der Waals surface area (Å²) in [6, 6.07) is 14.3. The van der Waals surface area contributed by atoms with E-state index in [0.29, 0.717) is 22.0 Å². The third-order valence-corrected chi connectivity index (χ3v) is 3.66. The molecule has 5 nitrogen and oxygen atoms in total. The second-order valence-electron chi connectivity index (χ2n) is 4.81. The van der Waals surface area contributed by atoms with Gasteiger partial charge in [0.1, 0.15) is 0 Å². The Labute approximate surface area is 137 Å². The maximum atomic E-state index is 12.6. The predicted molar refractivity (Wildman–Crippen MR) is 85.5 cm³/mol. The quantitative estimate of drug-likeness (QED) is 0.690. The molecule has 0 N–H and O–H groups in total. The minimum atomic E-state index is -0.958. The zero-order chi connectivity index (χ0) is 16.2. The van der Waals surface area contributed by atoms with Crippen LogP contribution < -0.4 is 0 Å². The number of pyridine rings is 1. The van der Waals surface area contributed by atoms with Gasteiger partial charge in [0.15, 0.2) is 11.7 Å². The molecule has 0 bridgehead atoms. The van der Waals surface area contributed by atoms with Crippen molar-refractivity contribution in [1.29, 1.82) is 5.26 Å². The third kappa shape index (κ3) is 2.98. The minimum absolute atomic E-state index is 0.335. The number of rotatable bonds is 4. The second kappa shape index (κ2) is 6.42. The van der Waals surface area contributed by atoms with Crippen molar-refractivity contribution in [3.8, 4) is 11.8 Å². The number of carbonyl (C=O) groups is 1. The lowest BCUT2D eigenvalue weighted by molar-refractivity contribution is 0.0977. The fraction of sp³-hybridized carbons (Fsp3) is 0.0588. The Morgan fingerprint density at radius 3 is 2.70 bits per heavy atom. The number of ketones is 1. The van der Waals surface area contributed by atoms with E-state index >= 15 is 0 Å². The number of halogens is 1. The number of aromatic nitrogens is 3. The molecule has 3 aromatic rings. The van der Waals surface area contributed by atoms with Crippen LogP contribution >= 0.6 is 11.6 Å². The molecule has 0 unspecified atom stereocenters. The molecule has 1 atom stereocenters. The van der Waals surface area contributed by atoms with Crippen LogP contribution in [0.25, 0.3) is 5.69 Å². The first-order chi connectivity index (χ1) is 11.2. The highest BCUT2D eigenvalue weighted by molar-refractivity contribution is 6.32. The Hall–Kier alpha value is -2.97. The van der Waals surface area contributed by atoms with Crippen molar-refractivity contribution in [2.24, 2.45) is 0 Å². The number of benzene rings is 1. The van der Waals surface area contributed by atoms with Crippen LogP contribution in [-0.4, -0.2) is 20.5 Å². The Morgan fingerprint density at radius 1 is 1.22 bits per heavy atom. The zero-order valence-electron chi connectivity index (χ0n) is 11.9. The Kier molecular flexibility index (Phi) is 4.18. The summed E-state index contributed by atoms with van der Waals surface area (Å²) in [5.41, 5.74) is 1.42. The molecule has 0 aliphatic rings. The number of hydrogen-bond acceptors (Lipinski definition) is 4. The summed E-state index contributed by atoms with van der Waals surface area (Å²) in [7, 11) is 0. The standard InChI is InChI=1S/C17H11ClN4O/c18-14-5-1-2-7-16(14)22-11-12(10-21-22)17(23)13(9-19)15-6-3-4-8-20-15/h1-8,10-11,13H/t13-/m1/s1. The first kappa shape index (κ1) is 14.9. The number of nitriles is 1. The molecule has 0 saturated carbocycles. The van der Waals surface area contributed by atoms with Crippen LogP contribution in [0.1, 0.15) is 22.0 Å². The van der Waals surface area contributed by atoms with E-state index in [4.69, 9.17) is 11.6 Å². The number of Topliss-reactive ketones (excluding diaryl/α,β-unsaturated/α-hetero) is 1. The summed E-state index contributed by atoms with van der Waals surface area (Å²) < 4.78 is 1.52. The van der Waals surface area contributed by atoms with Gasteiger partial charge in [0.05, 0.1) is 34.2 Å². The molecule has 0 amide bonds. The lowest BCUT2D eigenvalue weighted by Crippen LogP contribution is -2.12. The van der Waals surface area contributed by atoms with Gasteiger partial charge in [0.25, 0.3) is 0 Å². The predicted octanol–water partition coefficient (Wildman–Crippen LogP) is 3.41. The number of carbonyl (C=O) groups excluding carboxylic acids is 1. The normalized spacial score (nSPS) is 11.7. The summed E-state index contributed by atoms with van der Waals surface area (Å²) in [6.45, 7) is 0. The molecule has 0 saturated heterocycles. The van der Waals surface area contributed by atoms with Crippen molar-refractivity contribution in [2.45, 2.75) is 5.92 Å². The van der Waals surface area contributed by atoms with Crippen LogP contribution in [0, 0.1) is 11.3 Å². The van der Waals surface area contributed by atoms with Crippen LogP contribution in [-0.2, 0) is 0 Å². The van der Waals surface area contributed by atoms with Gasteiger partial charge < -0.3 is 0 Å². The summed E-state index contributed by atoms with van der Waals surface area (Å²) in [5.74, 6) is -1.30. The van der Waals surface area contributed by atoms with Gasteiger partial charge in [0, 0.05) is 12.4 Å². The van der Waals surface area contributed by atoms with E-state index in [2.05, 4.69) is 10.1 Å². The largest absolute Gasteiger partial charge is 0.292 e. The molecular formula is C17H11ClN4O. The van der Waals surface area contributed by atoms with Crippen LogP contribution in [0.2, 0.25) is 5.02 Å². The molecule has 3 rings (SSSR count). The number of nitrogens with zero attached hydrogens (tertiary/aromatic N) is 4. The Balaban J connectivity index is 1.93. The van der Waals surface area contributed by atoms with Gasteiger partial charge in [-0.3, -0.25) is 9.78 Å². The average molecular weight is 323 g/mol. The average Bonchev–Trinajstić information content (AvgIpc) is 3.06. The van der Waals surface area contributed by atoms with E-state index in [1.807, 2.05) is 18.2 Å². The van der Waals surface area contributed by atoms with E-state index in [-0.39, 0.29) is 5.78 Å². The van der Waals surface area contributed by atoms with Gasteiger partial charge in [-0.2, -0.15) is 10.4 Å². The van der Waals surface area contributed by atoms with E-state index in [1.54, 1.807) is 42.7 Å². The first-order valence-corrected chi connectivity index (χ1v) is 7.23. The first-order valence-electron chi connectivity index (χ1n) is 6.85. The van der Waals surface area contributed by atoms with Crippen LogP contribution in [0.5, 0.6) is 0 Å². The fourth-order valence-corrected chi connectivity index (χ4v) is 2.41. The monoisotopic (exact) mass is 322 g/mol. The van der Waals surface area contributed by atoms with E-state index in [1.165, 1.54) is 10.9 Å². The summed E-state index contributed by atoms with van der Waals surface area (Å²) >= 11 is 6.13. The van der Waals surface area contributed by atoms with E-state index in [9.17, 15) is 10.1 Å². The maximum Gasteiger partial charge on any atom is 0.189 e. The van der Waals surface area contributed by atoms with E-state index < -0.39 is 5.92 Å². The van der Waals surface area contributed by atoms with Gasteiger partial charge in [-0.05, 0) is 24.3 Å². The lowest BCUT2D eigenvalue weighted by Gasteiger charge is -2.05. The fourth-order valence-electron chi connectivity index (χ4n) is 2.19. The summed E-state index contributed by atoms with van der Waals surface area (Å²) in [6.07, 6.45) is 4.55. The van der Waals surface area contributed by atoms with Crippen molar-refractivity contribution in [1.82, 2.24) is 14.8 Å². The van der Waals surface area contributed by atoms with Gasteiger partial charge in [-0.15, -0.1) is 0 Å².